The van der Waals surface area contributed by atoms with E-state index in [1.165, 1.54) is 17.0 Å². The van der Waals surface area contributed by atoms with Gasteiger partial charge in [0.15, 0.2) is 0 Å². The van der Waals surface area contributed by atoms with Gasteiger partial charge < -0.3 is 10.2 Å². The average Bonchev–Trinajstić information content (AvgIpc) is 2.95. The van der Waals surface area contributed by atoms with Crippen molar-refractivity contribution in [2.45, 2.75) is 70.9 Å². The SMILES string of the molecule is CC[C@H](C(=O)N[C@@H](C)CC)N(CCc1ccccc1)C(=O)CN(c1cc(Cl)ccc1C)S(=O)(=O)c1ccc(C)cc1. The first-order valence-corrected chi connectivity index (χ1v) is 15.8. The van der Waals surface area contributed by atoms with E-state index in [-0.39, 0.29) is 23.4 Å². The van der Waals surface area contributed by atoms with Crippen LogP contribution < -0.4 is 9.62 Å². The zero-order valence-corrected chi connectivity index (χ0v) is 26.0. The van der Waals surface area contributed by atoms with Gasteiger partial charge in [0.2, 0.25) is 11.8 Å². The van der Waals surface area contributed by atoms with Gasteiger partial charge in [-0.1, -0.05) is 79.5 Å². The second-order valence-electron chi connectivity index (χ2n) is 10.3. The number of sulfonamides is 1. The van der Waals surface area contributed by atoms with Crippen molar-refractivity contribution in [2.75, 3.05) is 17.4 Å². The highest BCUT2D eigenvalue weighted by Gasteiger charge is 2.34. The molecule has 0 heterocycles. The summed E-state index contributed by atoms with van der Waals surface area (Å²) in [6.07, 6.45) is 1.64. The van der Waals surface area contributed by atoms with Crippen molar-refractivity contribution in [2.24, 2.45) is 0 Å². The number of carbonyl (C=O) groups excluding carboxylic acids is 2. The van der Waals surface area contributed by atoms with Gasteiger partial charge in [0.1, 0.15) is 12.6 Å². The Labute approximate surface area is 249 Å². The number of nitrogens with one attached hydrogen (secondary N) is 1. The molecule has 7 nitrogen and oxygen atoms in total. The Kier molecular flexibility index (Phi) is 11.4. The van der Waals surface area contributed by atoms with Crippen LogP contribution in [0.4, 0.5) is 5.69 Å². The molecule has 0 radical (unpaired) electrons. The van der Waals surface area contributed by atoms with Gasteiger partial charge >= 0.3 is 0 Å². The number of nitrogens with zero attached hydrogens (tertiary/aromatic N) is 2. The molecule has 0 aliphatic carbocycles. The molecule has 0 aliphatic heterocycles. The minimum absolute atomic E-state index is 0.0600. The van der Waals surface area contributed by atoms with Crippen LogP contribution >= 0.6 is 11.6 Å². The summed E-state index contributed by atoms with van der Waals surface area (Å²) >= 11 is 6.30. The summed E-state index contributed by atoms with van der Waals surface area (Å²) in [5.74, 6) is -0.725. The molecular weight excluding hydrogens is 558 g/mol. The highest BCUT2D eigenvalue weighted by Crippen LogP contribution is 2.30. The number of amides is 2. The Morgan fingerprint density at radius 1 is 0.927 bits per heavy atom. The van der Waals surface area contributed by atoms with Crippen LogP contribution in [0.2, 0.25) is 5.02 Å². The maximum absolute atomic E-state index is 14.1. The van der Waals surface area contributed by atoms with E-state index >= 15 is 0 Å². The van der Waals surface area contributed by atoms with Crippen molar-refractivity contribution in [3.8, 4) is 0 Å². The Morgan fingerprint density at radius 2 is 1.59 bits per heavy atom. The van der Waals surface area contributed by atoms with Crippen molar-refractivity contribution >= 4 is 39.1 Å². The van der Waals surface area contributed by atoms with Crippen LogP contribution in [-0.2, 0) is 26.0 Å². The van der Waals surface area contributed by atoms with Crippen LogP contribution in [0.3, 0.4) is 0 Å². The number of benzene rings is 3. The van der Waals surface area contributed by atoms with Crippen molar-refractivity contribution in [3.63, 3.8) is 0 Å². The summed E-state index contributed by atoms with van der Waals surface area (Å²) in [6, 6.07) is 20.3. The van der Waals surface area contributed by atoms with Crippen molar-refractivity contribution in [3.05, 3.63) is 94.5 Å². The Bertz CT molecular complexity index is 1430. The predicted octanol–water partition coefficient (Wildman–Crippen LogP) is 5.92. The fraction of sp³-hybridized carbons (Fsp3) is 0.375. The second-order valence-corrected chi connectivity index (χ2v) is 12.6. The van der Waals surface area contributed by atoms with Gasteiger partial charge in [-0.2, -0.15) is 0 Å². The number of hydrogen-bond acceptors (Lipinski definition) is 4. The van der Waals surface area contributed by atoms with Crippen molar-refractivity contribution < 1.29 is 18.0 Å². The largest absolute Gasteiger partial charge is 0.352 e. The summed E-state index contributed by atoms with van der Waals surface area (Å²) in [5, 5.41) is 3.34. The number of anilines is 1. The molecule has 41 heavy (non-hydrogen) atoms. The fourth-order valence-corrected chi connectivity index (χ4v) is 6.18. The third kappa shape index (κ3) is 8.33. The maximum Gasteiger partial charge on any atom is 0.264 e. The zero-order valence-electron chi connectivity index (χ0n) is 24.4. The lowest BCUT2D eigenvalue weighted by Gasteiger charge is -2.34. The molecule has 0 fully saturated rings. The van der Waals surface area contributed by atoms with E-state index in [1.54, 1.807) is 37.3 Å². The van der Waals surface area contributed by atoms with E-state index in [9.17, 15) is 18.0 Å². The Hall–Kier alpha value is -3.36. The first-order chi connectivity index (χ1) is 19.5. The molecule has 3 rings (SSSR count). The van der Waals surface area contributed by atoms with Gasteiger partial charge in [-0.05, 0) is 75.4 Å². The minimum atomic E-state index is -4.15. The number of hydrogen-bond donors (Lipinski definition) is 1. The number of halogens is 1. The summed E-state index contributed by atoms with van der Waals surface area (Å²) in [4.78, 5) is 29.1. The summed E-state index contributed by atoms with van der Waals surface area (Å²) < 4.78 is 29.2. The minimum Gasteiger partial charge on any atom is -0.352 e. The lowest BCUT2D eigenvalue weighted by molar-refractivity contribution is -0.139. The molecule has 0 unspecified atom stereocenters. The monoisotopic (exact) mass is 597 g/mol. The summed E-state index contributed by atoms with van der Waals surface area (Å²) in [6.45, 7) is 9.16. The second kappa shape index (κ2) is 14.5. The van der Waals surface area contributed by atoms with Crippen molar-refractivity contribution in [1.29, 1.82) is 0 Å². The van der Waals surface area contributed by atoms with Gasteiger partial charge in [-0.3, -0.25) is 13.9 Å². The molecule has 9 heteroatoms. The number of carbonyl (C=O) groups is 2. The average molecular weight is 598 g/mol. The normalized spacial score (nSPS) is 12.8. The van der Waals surface area contributed by atoms with Crippen LogP contribution in [0.15, 0.2) is 77.7 Å². The molecule has 0 aliphatic rings. The molecule has 0 bridgehead atoms. The van der Waals surface area contributed by atoms with Crippen LogP contribution in [0.25, 0.3) is 0 Å². The van der Waals surface area contributed by atoms with Gasteiger partial charge in [0.25, 0.3) is 10.0 Å². The zero-order chi connectivity index (χ0) is 30.2. The van der Waals surface area contributed by atoms with Gasteiger partial charge in [-0.25, -0.2) is 8.42 Å². The lowest BCUT2D eigenvalue weighted by atomic mass is 10.1. The van der Waals surface area contributed by atoms with E-state index in [0.717, 1.165) is 21.9 Å². The standard InChI is InChI=1S/C32H40ClN3O4S/c1-6-25(5)34-32(38)29(7-2)35(20-19-26-11-9-8-10-12-26)31(37)22-36(30-21-27(33)16-15-24(30)4)41(39,40)28-17-13-23(3)14-18-28/h8-18,21,25,29H,6-7,19-20,22H2,1-5H3,(H,34,38)/t25-,29+/m0/s1. The van der Waals surface area contributed by atoms with E-state index < -0.39 is 28.5 Å². The van der Waals surface area contributed by atoms with Gasteiger partial charge in [0.05, 0.1) is 10.6 Å². The highest BCUT2D eigenvalue weighted by molar-refractivity contribution is 7.92. The van der Waals surface area contributed by atoms with E-state index in [2.05, 4.69) is 5.32 Å². The third-order valence-corrected chi connectivity index (χ3v) is 9.21. The van der Waals surface area contributed by atoms with Crippen molar-refractivity contribution in [1.82, 2.24) is 10.2 Å². The fourth-order valence-electron chi connectivity index (χ4n) is 4.54. The molecule has 0 spiro atoms. The molecule has 1 N–H and O–H groups in total. The molecular formula is C32H40ClN3O4S. The molecule has 2 atom stereocenters. The third-order valence-electron chi connectivity index (χ3n) is 7.20. The van der Waals surface area contributed by atoms with Crippen LogP contribution in [-0.4, -0.2) is 50.3 Å². The summed E-state index contributed by atoms with van der Waals surface area (Å²) in [5.41, 5.74) is 2.88. The molecule has 0 saturated heterocycles. The van der Waals surface area contributed by atoms with Crippen LogP contribution in [0.5, 0.6) is 0 Å². The quantitative estimate of drug-likeness (QED) is 0.265. The molecule has 220 valence electrons. The van der Waals surface area contributed by atoms with E-state index in [1.807, 2.05) is 58.0 Å². The lowest BCUT2D eigenvalue weighted by Crippen LogP contribution is -2.54. The highest BCUT2D eigenvalue weighted by atomic mass is 35.5. The molecule has 3 aromatic rings. The smallest absolute Gasteiger partial charge is 0.264 e. The Morgan fingerprint density at radius 3 is 2.20 bits per heavy atom. The number of aryl methyl sites for hydroxylation is 2. The maximum atomic E-state index is 14.1. The topological polar surface area (TPSA) is 86.8 Å². The first kappa shape index (κ1) is 32.2. The van der Waals surface area contributed by atoms with Crippen LogP contribution in [0.1, 0.15) is 50.3 Å². The van der Waals surface area contributed by atoms with E-state index in [0.29, 0.717) is 29.1 Å². The van der Waals surface area contributed by atoms with Gasteiger partial charge in [0, 0.05) is 17.6 Å². The molecule has 3 aromatic carbocycles. The molecule has 2 amide bonds. The van der Waals surface area contributed by atoms with Crippen LogP contribution in [0, 0.1) is 13.8 Å². The summed E-state index contributed by atoms with van der Waals surface area (Å²) in [7, 11) is -4.15. The Balaban J connectivity index is 2.05. The predicted molar refractivity (Wildman–Crippen MR) is 166 cm³/mol. The van der Waals surface area contributed by atoms with Gasteiger partial charge in [-0.15, -0.1) is 0 Å². The molecule has 0 aromatic heterocycles. The molecule has 0 saturated carbocycles. The first-order valence-electron chi connectivity index (χ1n) is 14.0. The number of rotatable bonds is 13. The van der Waals surface area contributed by atoms with E-state index in [4.69, 9.17) is 11.6 Å².